The molecule has 1 spiro atoms. The highest BCUT2D eigenvalue weighted by Crippen LogP contribution is 2.65. The van der Waals surface area contributed by atoms with E-state index in [1.165, 1.54) is 0 Å². The highest BCUT2D eigenvalue weighted by Gasteiger charge is 2.76. The maximum Gasteiger partial charge on any atom is 0.187 e. The predicted octanol–water partition coefficient (Wildman–Crippen LogP) is 0.0474. The van der Waals surface area contributed by atoms with Gasteiger partial charge in [-0.2, -0.15) is 0 Å². The Morgan fingerprint density at radius 2 is 2.20 bits per heavy atom. The lowest BCUT2D eigenvalue weighted by Crippen LogP contribution is -2.65. The van der Waals surface area contributed by atoms with Gasteiger partial charge in [0.2, 0.25) is 0 Å². The third kappa shape index (κ3) is 1.21. The smallest absolute Gasteiger partial charge is 0.187 e. The molecule has 4 aliphatic rings. The molecule has 3 unspecified atom stereocenters. The second-order valence-electron chi connectivity index (χ2n) is 6.87. The number of rotatable bonds is 1. The summed E-state index contributed by atoms with van der Waals surface area (Å²) < 4.78 is 11.9. The van der Waals surface area contributed by atoms with Crippen molar-refractivity contribution in [2.24, 2.45) is 17.3 Å². The molecule has 5 heteroatoms. The summed E-state index contributed by atoms with van der Waals surface area (Å²) in [5.41, 5.74) is -0.820. The first-order valence-corrected chi connectivity index (χ1v) is 7.28. The number of aliphatic hydroxyl groups is 2. The summed E-state index contributed by atoms with van der Waals surface area (Å²) >= 11 is 0. The Balaban J connectivity index is 1.88. The summed E-state index contributed by atoms with van der Waals surface area (Å²) in [6.45, 7) is 4.15. The van der Waals surface area contributed by atoms with E-state index < -0.39 is 17.6 Å². The summed E-state index contributed by atoms with van der Waals surface area (Å²) in [5, 5.41) is 20.6. The van der Waals surface area contributed by atoms with Crippen molar-refractivity contribution < 1.29 is 24.5 Å². The number of epoxide rings is 1. The summed E-state index contributed by atoms with van der Waals surface area (Å²) in [4.78, 5) is 12.2. The van der Waals surface area contributed by atoms with Crippen LogP contribution in [-0.2, 0) is 14.3 Å². The molecule has 2 saturated heterocycles. The molecule has 2 aliphatic carbocycles. The van der Waals surface area contributed by atoms with Crippen LogP contribution >= 0.6 is 0 Å². The highest BCUT2D eigenvalue weighted by atomic mass is 16.6. The second kappa shape index (κ2) is 3.71. The molecule has 4 rings (SSSR count). The monoisotopic (exact) mass is 280 g/mol. The van der Waals surface area contributed by atoms with Crippen molar-refractivity contribution in [1.82, 2.24) is 0 Å². The van der Waals surface area contributed by atoms with Crippen molar-refractivity contribution in [3.8, 4) is 0 Å². The predicted molar refractivity (Wildman–Crippen MR) is 68.9 cm³/mol. The average Bonchev–Trinajstić information content (AvgIpc) is 3.17. The zero-order valence-electron chi connectivity index (χ0n) is 11.7. The van der Waals surface area contributed by atoms with Crippen molar-refractivity contribution in [2.75, 3.05) is 13.2 Å². The average molecular weight is 280 g/mol. The molecule has 3 fully saturated rings. The fourth-order valence-corrected chi connectivity index (χ4v) is 4.83. The molecule has 110 valence electrons. The lowest BCUT2D eigenvalue weighted by Gasteiger charge is -2.52. The van der Waals surface area contributed by atoms with E-state index in [1.54, 1.807) is 13.0 Å². The molecule has 0 aromatic rings. The van der Waals surface area contributed by atoms with Crippen molar-refractivity contribution >= 4 is 5.78 Å². The normalized spacial score (nSPS) is 56.7. The van der Waals surface area contributed by atoms with E-state index in [-0.39, 0.29) is 30.0 Å². The van der Waals surface area contributed by atoms with Gasteiger partial charge in [-0.3, -0.25) is 4.79 Å². The Morgan fingerprint density at radius 3 is 2.80 bits per heavy atom. The van der Waals surface area contributed by atoms with E-state index in [4.69, 9.17) is 9.47 Å². The molecule has 2 N–H and O–H groups in total. The number of ketones is 1. The number of fused-ring (bicyclic) bond motifs is 2. The Kier molecular flexibility index (Phi) is 2.40. The number of ether oxygens (including phenoxy) is 2. The molecular weight excluding hydrogens is 260 g/mol. The Morgan fingerprint density at radius 1 is 1.50 bits per heavy atom. The number of carbonyl (C=O) groups excluding carboxylic acids is 1. The minimum absolute atomic E-state index is 0.00151. The SMILES string of the molecule is CC1=C[C@H]2O[C@@H]3[C@H](C)C[C@@H](C34CO4)C2(CO)C(O)C1=O. The van der Waals surface area contributed by atoms with Crippen LogP contribution in [0.15, 0.2) is 11.6 Å². The standard InChI is InChI=1S/C15H20O5/c1-7-4-10-14(5-16,12(18)11(7)17)9-3-8(2)13(20-10)15(9)6-19-15/h4,8-10,12-13,16,18H,3,5-6H2,1-2H3/t8-,9-,10-,12?,13-,14?,15?/m1/s1. The first-order valence-electron chi connectivity index (χ1n) is 7.28. The highest BCUT2D eigenvalue weighted by molar-refractivity contribution is 6.00. The van der Waals surface area contributed by atoms with Crippen LogP contribution in [0.2, 0.25) is 0 Å². The van der Waals surface area contributed by atoms with E-state index in [0.29, 0.717) is 18.1 Å². The van der Waals surface area contributed by atoms with Gasteiger partial charge in [0.05, 0.1) is 30.8 Å². The fraction of sp³-hybridized carbons (Fsp3) is 0.800. The summed E-state index contributed by atoms with van der Waals surface area (Å²) in [6.07, 6.45) is 0.980. The van der Waals surface area contributed by atoms with Gasteiger partial charge in [-0.05, 0) is 30.9 Å². The Bertz CT molecular complexity index is 508. The molecule has 0 aromatic heterocycles. The second-order valence-corrected chi connectivity index (χ2v) is 6.87. The zero-order chi connectivity index (χ0) is 14.3. The van der Waals surface area contributed by atoms with Gasteiger partial charge in [-0.15, -0.1) is 0 Å². The topological polar surface area (TPSA) is 79.3 Å². The number of aliphatic hydroxyl groups excluding tert-OH is 2. The molecule has 1 saturated carbocycles. The van der Waals surface area contributed by atoms with Crippen LogP contribution in [0.25, 0.3) is 0 Å². The molecule has 5 nitrogen and oxygen atoms in total. The van der Waals surface area contributed by atoms with Crippen LogP contribution in [0.5, 0.6) is 0 Å². The Hall–Kier alpha value is -0.750. The van der Waals surface area contributed by atoms with Gasteiger partial charge in [-0.25, -0.2) is 0 Å². The van der Waals surface area contributed by atoms with Crippen LogP contribution in [0.4, 0.5) is 0 Å². The van der Waals surface area contributed by atoms with Crippen molar-refractivity contribution in [3.05, 3.63) is 11.6 Å². The van der Waals surface area contributed by atoms with Crippen LogP contribution in [0, 0.1) is 17.3 Å². The zero-order valence-corrected chi connectivity index (χ0v) is 11.7. The van der Waals surface area contributed by atoms with E-state index in [1.807, 2.05) is 0 Å². The van der Waals surface area contributed by atoms with Crippen LogP contribution in [-0.4, -0.2) is 53.1 Å². The van der Waals surface area contributed by atoms with Gasteiger partial charge in [0.25, 0.3) is 0 Å². The lowest BCUT2D eigenvalue weighted by molar-refractivity contribution is -0.211. The molecular formula is C15H20O5. The maximum absolute atomic E-state index is 12.2. The van der Waals surface area contributed by atoms with E-state index in [2.05, 4.69) is 6.92 Å². The molecule has 0 amide bonds. The quantitative estimate of drug-likeness (QED) is 0.663. The Labute approximate surface area is 117 Å². The maximum atomic E-state index is 12.2. The minimum atomic E-state index is -1.21. The van der Waals surface area contributed by atoms with Gasteiger partial charge in [0.1, 0.15) is 11.7 Å². The van der Waals surface area contributed by atoms with Gasteiger partial charge in [-0.1, -0.05) is 6.92 Å². The van der Waals surface area contributed by atoms with Gasteiger partial charge in [0.15, 0.2) is 5.78 Å². The lowest BCUT2D eigenvalue weighted by atomic mass is 9.59. The van der Waals surface area contributed by atoms with E-state index >= 15 is 0 Å². The number of hydrogen-bond acceptors (Lipinski definition) is 5. The number of Topliss-reactive ketones (excluding diaryl/α,β-unsaturated/α-hetero) is 1. The van der Waals surface area contributed by atoms with Crippen LogP contribution < -0.4 is 0 Å². The molecule has 20 heavy (non-hydrogen) atoms. The molecule has 0 radical (unpaired) electrons. The van der Waals surface area contributed by atoms with Gasteiger partial charge < -0.3 is 19.7 Å². The third-order valence-electron chi connectivity index (χ3n) is 5.97. The van der Waals surface area contributed by atoms with Crippen molar-refractivity contribution in [1.29, 1.82) is 0 Å². The molecule has 2 bridgehead atoms. The summed E-state index contributed by atoms with van der Waals surface area (Å²) in [7, 11) is 0. The fourth-order valence-electron chi connectivity index (χ4n) is 4.83. The van der Waals surface area contributed by atoms with Crippen molar-refractivity contribution in [3.63, 3.8) is 0 Å². The van der Waals surface area contributed by atoms with Gasteiger partial charge in [0, 0.05) is 5.92 Å². The minimum Gasteiger partial charge on any atom is -0.396 e. The third-order valence-corrected chi connectivity index (χ3v) is 5.97. The van der Waals surface area contributed by atoms with Crippen LogP contribution in [0.3, 0.4) is 0 Å². The first kappa shape index (κ1) is 13.0. The number of hydrogen-bond donors (Lipinski definition) is 2. The summed E-state index contributed by atoms with van der Waals surface area (Å²) in [5.74, 6) is -0.0118. The number of carbonyl (C=O) groups is 1. The molecule has 2 aliphatic heterocycles. The van der Waals surface area contributed by atoms with Crippen molar-refractivity contribution in [2.45, 2.75) is 44.2 Å². The van der Waals surface area contributed by atoms with Crippen LogP contribution in [0.1, 0.15) is 20.3 Å². The molecule has 0 aromatic carbocycles. The largest absolute Gasteiger partial charge is 0.396 e. The first-order chi connectivity index (χ1) is 9.47. The molecule has 2 heterocycles. The van der Waals surface area contributed by atoms with E-state index in [9.17, 15) is 15.0 Å². The van der Waals surface area contributed by atoms with E-state index in [0.717, 1.165) is 6.42 Å². The molecule has 7 atom stereocenters. The summed E-state index contributed by atoms with van der Waals surface area (Å²) in [6, 6.07) is 0. The van der Waals surface area contributed by atoms with Gasteiger partial charge >= 0.3 is 0 Å².